The Bertz CT molecular complexity index is 1030. The van der Waals surface area contributed by atoms with Crippen LogP contribution in [0.5, 0.6) is 11.5 Å². The highest BCUT2D eigenvalue weighted by Crippen LogP contribution is 2.28. The lowest BCUT2D eigenvalue weighted by molar-refractivity contribution is -0.122. The lowest BCUT2D eigenvalue weighted by atomic mass is 9.84. The van der Waals surface area contributed by atoms with Gasteiger partial charge in [-0.05, 0) is 41.2 Å². The molecule has 0 radical (unpaired) electrons. The second kappa shape index (κ2) is 12.3. The molecule has 3 aromatic carbocycles. The van der Waals surface area contributed by atoms with Crippen LogP contribution in [0, 0.1) is 5.92 Å². The predicted molar refractivity (Wildman–Crippen MR) is 136 cm³/mol. The highest BCUT2D eigenvalue weighted by molar-refractivity contribution is 5.77. The molecule has 0 saturated heterocycles. The van der Waals surface area contributed by atoms with Gasteiger partial charge in [-0.25, -0.2) is 0 Å². The lowest BCUT2D eigenvalue weighted by Crippen LogP contribution is -2.30. The van der Waals surface area contributed by atoms with Crippen molar-refractivity contribution < 1.29 is 14.3 Å². The Balaban J connectivity index is 1.38. The summed E-state index contributed by atoms with van der Waals surface area (Å²) in [5.41, 5.74) is 3.56. The number of benzene rings is 3. The molecule has 1 fully saturated rings. The summed E-state index contributed by atoms with van der Waals surface area (Å²) >= 11 is 0. The predicted octanol–water partition coefficient (Wildman–Crippen LogP) is 6.49. The minimum absolute atomic E-state index is 0.0389. The van der Waals surface area contributed by atoms with Gasteiger partial charge in [0.1, 0.15) is 11.5 Å². The molecule has 4 nitrogen and oxygen atoms in total. The van der Waals surface area contributed by atoms with Crippen LogP contribution >= 0.6 is 0 Å². The van der Waals surface area contributed by atoms with Crippen molar-refractivity contribution in [2.45, 2.75) is 51.0 Å². The fourth-order valence-electron chi connectivity index (χ4n) is 4.76. The molecule has 0 aliphatic heterocycles. The van der Waals surface area contributed by atoms with Crippen molar-refractivity contribution in [2.75, 3.05) is 13.7 Å². The van der Waals surface area contributed by atoms with Gasteiger partial charge in [0.05, 0.1) is 26.2 Å². The van der Waals surface area contributed by atoms with Gasteiger partial charge in [0.2, 0.25) is 5.91 Å². The molecule has 0 heterocycles. The van der Waals surface area contributed by atoms with Crippen molar-refractivity contribution >= 4 is 5.91 Å². The molecule has 1 aliphatic rings. The largest absolute Gasteiger partial charge is 0.497 e. The Morgan fingerprint density at radius 1 is 0.882 bits per heavy atom. The molecule has 1 saturated carbocycles. The van der Waals surface area contributed by atoms with E-state index in [0.717, 1.165) is 29.2 Å². The minimum atomic E-state index is -0.186. The van der Waals surface area contributed by atoms with E-state index >= 15 is 0 Å². The van der Waals surface area contributed by atoms with Crippen LogP contribution in [0.4, 0.5) is 0 Å². The van der Waals surface area contributed by atoms with Gasteiger partial charge in [-0.1, -0.05) is 92.8 Å². The summed E-state index contributed by atoms with van der Waals surface area (Å²) in [5.74, 6) is 2.20. The zero-order valence-corrected chi connectivity index (χ0v) is 20.0. The number of hydrogen-bond donors (Lipinski definition) is 1. The molecule has 1 N–H and O–H groups in total. The van der Waals surface area contributed by atoms with Gasteiger partial charge in [-0.15, -0.1) is 0 Å². The maximum atomic E-state index is 12.8. The molecule has 1 amide bonds. The molecule has 1 aliphatic carbocycles. The molecule has 1 unspecified atom stereocenters. The average molecular weight is 458 g/mol. The van der Waals surface area contributed by atoms with E-state index in [-0.39, 0.29) is 18.4 Å². The molecule has 4 rings (SSSR count). The van der Waals surface area contributed by atoms with E-state index in [1.165, 1.54) is 37.7 Å². The number of carbonyl (C=O) groups is 1. The highest BCUT2D eigenvalue weighted by Gasteiger charge is 2.18. The third kappa shape index (κ3) is 6.86. The molecule has 1 atom stereocenters. The van der Waals surface area contributed by atoms with Gasteiger partial charge >= 0.3 is 0 Å². The smallest absolute Gasteiger partial charge is 0.224 e. The van der Waals surface area contributed by atoms with E-state index in [9.17, 15) is 4.79 Å². The first-order valence-electron chi connectivity index (χ1n) is 12.4. The first-order valence-corrected chi connectivity index (χ1v) is 12.4. The van der Waals surface area contributed by atoms with E-state index in [0.29, 0.717) is 12.4 Å². The van der Waals surface area contributed by atoms with Crippen LogP contribution in [0.25, 0.3) is 0 Å². The number of methoxy groups -OCH3 is 1. The molecule has 4 heteroatoms. The summed E-state index contributed by atoms with van der Waals surface area (Å²) in [6, 6.07) is 26.2. The summed E-state index contributed by atoms with van der Waals surface area (Å²) in [4.78, 5) is 12.8. The Morgan fingerprint density at radius 3 is 2.32 bits per heavy atom. The maximum Gasteiger partial charge on any atom is 0.224 e. The number of ether oxygens (including phenoxy) is 2. The average Bonchev–Trinajstić information content (AvgIpc) is 2.89. The summed E-state index contributed by atoms with van der Waals surface area (Å²) in [7, 11) is 1.62. The molecule has 0 aromatic heterocycles. The highest BCUT2D eigenvalue weighted by atomic mass is 16.5. The van der Waals surface area contributed by atoms with Crippen molar-refractivity contribution in [3.8, 4) is 11.5 Å². The van der Waals surface area contributed by atoms with Gasteiger partial charge in [-0.3, -0.25) is 4.79 Å². The van der Waals surface area contributed by atoms with Crippen molar-refractivity contribution in [1.29, 1.82) is 0 Å². The van der Waals surface area contributed by atoms with Gasteiger partial charge in [0.25, 0.3) is 0 Å². The zero-order valence-electron chi connectivity index (χ0n) is 20.0. The number of nitrogens with one attached hydrogen (secondary N) is 1. The first kappa shape index (κ1) is 23.9. The first-order chi connectivity index (χ1) is 16.7. The van der Waals surface area contributed by atoms with Crippen LogP contribution in [0.1, 0.15) is 61.3 Å². The van der Waals surface area contributed by atoms with Crippen LogP contribution in [0.15, 0.2) is 78.9 Å². The van der Waals surface area contributed by atoms with E-state index in [4.69, 9.17) is 9.47 Å². The normalized spacial score (nSPS) is 14.9. The van der Waals surface area contributed by atoms with E-state index in [1.54, 1.807) is 7.11 Å². The van der Waals surface area contributed by atoms with Gasteiger partial charge in [0.15, 0.2) is 0 Å². The molecular weight excluding hydrogens is 422 g/mol. The number of carbonyl (C=O) groups excluding carboxylic acids is 1. The van der Waals surface area contributed by atoms with Crippen LogP contribution in [0.2, 0.25) is 0 Å². The van der Waals surface area contributed by atoms with Crippen molar-refractivity contribution in [3.05, 3.63) is 95.6 Å². The van der Waals surface area contributed by atoms with E-state index in [2.05, 4.69) is 41.7 Å². The lowest BCUT2D eigenvalue weighted by Gasteiger charge is -2.23. The second-order valence-electron chi connectivity index (χ2n) is 9.14. The summed E-state index contributed by atoms with van der Waals surface area (Å²) in [6.45, 7) is 0.306. The second-order valence-corrected chi connectivity index (χ2v) is 9.14. The minimum Gasteiger partial charge on any atom is -0.497 e. The van der Waals surface area contributed by atoms with Crippen LogP contribution in [-0.4, -0.2) is 19.6 Å². The Morgan fingerprint density at radius 2 is 1.59 bits per heavy atom. The zero-order chi connectivity index (χ0) is 23.6. The topological polar surface area (TPSA) is 47.6 Å². The Kier molecular flexibility index (Phi) is 8.61. The van der Waals surface area contributed by atoms with Crippen LogP contribution in [-0.2, 0) is 11.2 Å². The quantitative estimate of drug-likeness (QED) is 0.378. The molecule has 0 bridgehead atoms. The van der Waals surface area contributed by atoms with Crippen molar-refractivity contribution in [3.63, 3.8) is 0 Å². The summed E-state index contributed by atoms with van der Waals surface area (Å²) < 4.78 is 11.0. The van der Waals surface area contributed by atoms with E-state index < -0.39 is 0 Å². The van der Waals surface area contributed by atoms with Gasteiger partial charge in [-0.2, -0.15) is 0 Å². The fourth-order valence-corrected chi connectivity index (χ4v) is 4.76. The van der Waals surface area contributed by atoms with Crippen molar-refractivity contribution in [2.24, 2.45) is 5.92 Å². The summed E-state index contributed by atoms with van der Waals surface area (Å²) in [5, 5.41) is 3.22. The molecular formula is C30H35NO3. The number of hydrogen-bond acceptors (Lipinski definition) is 3. The maximum absolute atomic E-state index is 12.8. The number of rotatable bonds is 10. The van der Waals surface area contributed by atoms with Gasteiger partial charge < -0.3 is 14.8 Å². The van der Waals surface area contributed by atoms with E-state index in [1.807, 2.05) is 42.5 Å². The van der Waals surface area contributed by atoms with Gasteiger partial charge in [0, 0.05) is 6.07 Å². The Hall–Kier alpha value is -3.27. The molecule has 178 valence electrons. The molecule has 0 spiro atoms. The molecule has 34 heavy (non-hydrogen) atoms. The third-order valence-electron chi connectivity index (χ3n) is 6.64. The standard InChI is InChI=1S/C30H35NO3/c1-33-27-13-8-14-28(22-27)34-20-19-29(32)31-30(25-11-6-3-7-12-25)26-17-15-24(16-18-26)21-23-9-4-2-5-10-23/h3,6-8,11-18,22-23,30H,2,4-5,9-10,19-21H2,1H3,(H,31,32). The van der Waals surface area contributed by atoms with Crippen molar-refractivity contribution in [1.82, 2.24) is 5.32 Å². The fraction of sp³-hybridized carbons (Fsp3) is 0.367. The summed E-state index contributed by atoms with van der Waals surface area (Å²) in [6.07, 6.45) is 8.26. The SMILES string of the molecule is COc1cccc(OCCC(=O)NC(c2ccccc2)c2ccc(CC3CCCCC3)cc2)c1. The van der Waals surface area contributed by atoms with Crippen LogP contribution < -0.4 is 14.8 Å². The number of amides is 1. The van der Waals surface area contributed by atoms with Crippen LogP contribution in [0.3, 0.4) is 0 Å². The third-order valence-corrected chi connectivity index (χ3v) is 6.64. The Labute approximate surface area is 203 Å². The monoisotopic (exact) mass is 457 g/mol. The molecule has 3 aromatic rings.